The van der Waals surface area contributed by atoms with Crippen molar-refractivity contribution >= 4 is 0 Å². The van der Waals surface area contributed by atoms with Crippen molar-refractivity contribution < 1.29 is 24.4 Å². The third-order valence-corrected chi connectivity index (χ3v) is 3.52. The number of aliphatic hydroxyl groups is 2. The highest BCUT2D eigenvalue weighted by Crippen LogP contribution is 2.43. The van der Waals surface area contributed by atoms with Crippen LogP contribution in [0, 0.1) is 0 Å². The van der Waals surface area contributed by atoms with E-state index in [2.05, 4.69) is 0 Å². The summed E-state index contributed by atoms with van der Waals surface area (Å²) in [7, 11) is 0. The van der Waals surface area contributed by atoms with E-state index < -0.39 is 29.0 Å². The summed E-state index contributed by atoms with van der Waals surface area (Å²) in [5.41, 5.74) is -2.84. The molecule has 1 unspecified atom stereocenters. The number of hydrogen-bond acceptors (Lipinski definition) is 5. The Hall–Kier alpha value is -0.200. The molecule has 5 nitrogen and oxygen atoms in total. The first-order valence-electron chi connectivity index (χ1n) is 7.54. The minimum absolute atomic E-state index is 0.251. The summed E-state index contributed by atoms with van der Waals surface area (Å²) in [6.45, 7) is 15.1. The summed E-state index contributed by atoms with van der Waals surface area (Å²) < 4.78 is 17.8. The fourth-order valence-electron chi connectivity index (χ4n) is 2.71. The SMILES string of the molecule is CC(C)(C)OC[C@H]1OC(C)(C)C(O)[C@@]1(CO)OC(C)(C)C. The number of ether oxygens (including phenoxy) is 3. The predicted molar refractivity (Wildman–Crippen MR) is 81.3 cm³/mol. The second-order valence-corrected chi connectivity index (χ2v) is 8.36. The largest absolute Gasteiger partial charge is 0.393 e. The Labute approximate surface area is 128 Å². The van der Waals surface area contributed by atoms with Gasteiger partial charge in [-0.1, -0.05) is 0 Å². The summed E-state index contributed by atoms with van der Waals surface area (Å²) >= 11 is 0. The molecule has 0 amide bonds. The van der Waals surface area contributed by atoms with E-state index in [-0.39, 0.29) is 18.8 Å². The van der Waals surface area contributed by atoms with Crippen LogP contribution in [0.5, 0.6) is 0 Å². The second-order valence-electron chi connectivity index (χ2n) is 8.36. The first-order valence-corrected chi connectivity index (χ1v) is 7.54. The van der Waals surface area contributed by atoms with Crippen LogP contribution in [-0.4, -0.2) is 58.0 Å². The molecule has 2 N–H and O–H groups in total. The van der Waals surface area contributed by atoms with E-state index in [4.69, 9.17) is 14.2 Å². The molecular weight excluding hydrogens is 272 g/mol. The van der Waals surface area contributed by atoms with E-state index in [1.54, 1.807) is 13.8 Å². The van der Waals surface area contributed by atoms with Gasteiger partial charge in [0.1, 0.15) is 17.8 Å². The summed E-state index contributed by atoms with van der Waals surface area (Å²) in [6.07, 6.45) is -1.48. The lowest BCUT2D eigenvalue weighted by molar-refractivity contribution is -0.216. The molecule has 3 atom stereocenters. The zero-order chi connectivity index (χ0) is 16.7. The zero-order valence-corrected chi connectivity index (χ0v) is 14.7. The molecule has 0 saturated carbocycles. The lowest BCUT2D eigenvalue weighted by Crippen LogP contribution is -2.59. The van der Waals surface area contributed by atoms with Crippen molar-refractivity contribution in [2.75, 3.05) is 13.2 Å². The summed E-state index contributed by atoms with van der Waals surface area (Å²) in [4.78, 5) is 0. The van der Waals surface area contributed by atoms with Crippen LogP contribution < -0.4 is 0 Å². The lowest BCUT2D eigenvalue weighted by Gasteiger charge is -2.41. The third-order valence-electron chi connectivity index (χ3n) is 3.52. The van der Waals surface area contributed by atoms with Crippen molar-refractivity contribution in [3.05, 3.63) is 0 Å². The maximum Gasteiger partial charge on any atom is 0.149 e. The molecule has 0 aromatic rings. The minimum Gasteiger partial charge on any atom is -0.393 e. The maximum atomic E-state index is 10.7. The summed E-state index contributed by atoms with van der Waals surface area (Å²) in [5, 5.41) is 20.6. The van der Waals surface area contributed by atoms with Gasteiger partial charge in [-0.05, 0) is 55.4 Å². The van der Waals surface area contributed by atoms with Crippen molar-refractivity contribution in [1.29, 1.82) is 0 Å². The number of aliphatic hydroxyl groups excluding tert-OH is 2. The Morgan fingerprint density at radius 1 is 1.05 bits per heavy atom. The van der Waals surface area contributed by atoms with Crippen molar-refractivity contribution in [1.82, 2.24) is 0 Å². The van der Waals surface area contributed by atoms with E-state index >= 15 is 0 Å². The van der Waals surface area contributed by atoms with Crippen LogP contribution in [0.4, 0.5) is 0 Å². The van der Waals surface area contributed by atoms with Gasteiger partial charge in [0.05, 0.1) is 30.0 Å². The van der Waals surface area contributed by atoms with Crippen molar-refractivity contribution in [2.24, 2.45) is 0 Å². The monoisotopic (exact) mass is 304 g/mol. The van der Waals surface area contributed by atoms with Gasteiger partial charge in [-0.15, -0.1) is 0 Å². The molecule has 0 aliphatic carbocycles. The van der Waals surface area contributed by atoms with E-state index in [0.717, 1.165) is 0 Å². The average molecular weight is 304 g/mol. The van der Waals surface area contributed by atoms with Gasteiger partial charge in [-0.25, -0.2) is 0 Å². The van der Waals surface area contributed by atoms with Crippen LogP contribution in [0.25, 0.3) is 0 Å². The van der Waals surface area contributed by atoms with Gasteiger partial charge in [0.15, 0.2) is 0 Å². The molecule has 21 heavy (non-hydrogen) atoms. The molecular formula is C16H32O5. The average Bonchev–Trinajstić information content (AvgIpc) is 2.45. The van der Waals surface area contributed by atoms with Crippen molar-refractivity contribution in [3.63, 3.8) is 0 Å². The van der Waals surface area contributed by atoms with Crippen LogP contribution in [-0.2, 0) is 14.2 Å². The molecule has 1 fully saturated rings. The highest BCUT2D eigenvalue weighted by Gasteiger charge is 2.62. The van der Waals surface area contributed by atoms with E-state index in [9.17, 15) is 10.2 Å². The van der Waals surface area contributed by atoms with Crippen LogP contribution in [0.1, 0.15) is 55.4 Å². The smallest absolute Gasteiger partial charge is 0.149 e. The van der Waals surface area contributed by atoms with Gasteiger partial charge in [0.2, 0.25) is 0 Å². The van der Waals surface area contributed by atoms with E-state index in [1.165, 1.54) is 0 Å². The van der Waals surface area contributed by atoms with Gasteiger partial charge < -0.3 is 24.4 Å². The van der Waals surface area contributed by atoms with Gasteiger partial charge in [0, 0.05) is 0 Å². The highest BCUT2D eigenvalue weighted by atomic mass is 16.6. The van der Waals surface area contributed by atoms with Crippen LogP contribution in [0.2, 0.25) is 0 Å². The second kappa shape index (κ2) is 5.78. The maximum absolute atomic E-state index is 10.7. The molecule has 1 rings (SSSR count). The molecule has 5 heteroatoms. The Morgan fingerprint density at radius 3 is 1.95 bits per heavy atom. The molecule has 0 aromatic carbocycles. The Kier molecular flexibility index (Phi) is 5.19. The molecule has 0 aromatic heterocycles. The molecule has 1 saturated heterocycles. The van der Waals surface area contributed by atoms with Crippen LogP contribution in [0.3, 0.4) is 0 Å². The number of rotatable bonds is 4. The van der Waals surface area contributed by atoms with E-state index in [0.29, 0.717) is 0 Å². The van der Waals surface area contributed by atoms with Crippen LogP contribution in [0.15, 0.2) is 0 Å². The zero-order valence-electron chi connectivity index (χ0n) is 14.7. The van der Waals surface area contributed by atoms with Gasteiger partial charge >= 0.3 is 0 Å². The fourth-order valence-corrected chi connectivity index (χ4v) is 2.71. The predicted octanol–water partition coefficient (Wildman–Crippen LogP) is 1.89. The highest BCUT2D eigenvalue weighted by molar-refractivity contribution is 5.10. The van der Waals surface area contributed by atoms with Gasteiger partial charge in [0.25, 0.3) is 0 Å². The molecule has 1 heterocycles. The first kappa shape index (κ1) is 18.8. The van der Waals surface area contributed by atoms with Crippen molar-refractivity contribution in [2.45, 2.75) is 90.0 Å². The normalized spacial score (nSPS) is 33.4. The molecule has 1 aliphatic rings. The fraction of sp³-hybridized carbons (Fsp3) is 1.00. The Balaban J connectivity index is 3.06. The number of hydrogen-bond donors (Lipinski definition) is 2. The van der Waals surface area contributed by atoms with E-state index in [1.807, 2.05) is 41.5 Å². The lowest BCUT2D eigenvalue weighted by atomic mass is 9.85. The minimum atomic E-state index is -1.19. The molecule has 0 spiro atoms. The Morgan fingerprint density at radius 2 is 1.57 bits per heavy atom. The molecule has 1 aliphatic heterocycles. The third kappa shape index (κ3) is 4.39. The topological polar surface area (TPSA) is 68.2 Å². The summed E-state index contributed by atoms with van der Waals surface area (Å²) in [6, 6.07) is 0. The Bertz CT molecular complexity index is 353. The standard InChI is InChI=1S/C16H32O5/c1-13(2,3)19-9-11-16(10-17,21-14(4,5)6)12(18)15(7,8)20-11/h11-12,17-18H,9-10H2,1-8H3/t11-,12?,16+/m1/s1. The van der Waals surface area contributed by atoms with Crippen LogP contribution >= 0.6 is 0 Å². The summed E-state index contributed by atoms with van der Waals surface area (Å²) in [5.74, 6) is 0. The molecule has 0 radical (unpaired) electrons. The van der Waals surface area contributed by atoms with Gasteiger partial charge in [-0.3, -0.25) is 0 Å². The molecule has 0 bridgehead atoms. The van der Waals surface area contributed by atoms with Gasteiger partial charge in [-0.2, -0.15) is 0 Å². The first-order chi connectivity index (χ1) is 9.23. The molecule has 126 valence electrons. The quantitative estimate of drug-likeness (QED) is 0.830. The van der Waals surface area contributed by atoms with Crippen molar-refractivity contribution in [3.8, 4) is 0 Å².